The average Bonchev–Trinajstić information content (AvgIpc) is 2.38. The second kappa shape index (κ2) is 6.55. The van der Waals surface area contributed by atoms with Crippen LogP contribution in [0.2, 0.25) is 0 Å². The minimum atomic E-state index is -3.79. The number of benzene rings is 1. The van der Waals surface area contributed by atoms with Gasteiger partial charge in [0.2, 0.25) is 10.0 Å². The van der Waals surface area contributed by atoms with Crippen molar-refractivity contribution in [2.45, 2.75) is 4.90 Å². The average molecular weight is 286 g/mol. The number of aliphatic hydroxyl groups excluding tert-OH is 1. The molecule has 1 rings (SSSR count). The number of nitrogen functional groups attached to an aromatic ring is 1. The Morgan fingerprint density at radius 1 is 1.53 bits per heavy atom. The third-order valence-corrected chi connectivity index (χ3v) is 4.37. The summed E-state index contributed by atoms with van der Waals surface area (Å²) in [6.45, 7) is 3.30. The van der Waals surface area contributed by atoms with Crippen LogP contribution in [0.4, 0.5) is 5.69 Å². The van der Waals surface area contributed by atoms with Crippen molar-refractivity contribution in [1.29, 1.82) is 0 Å². The summed E-state index contributed by atoms with van der Waals surface area (Å²) in [5.74, 6) is 0.209. The predicted octanol–water partition coefficient (Wildman–Crippen LogP) is 0.446. The van der Waals surface area contributed by atoms with Crippen LogP contribution in [0.1, 0.15) is 0 Å². The molecule has 6 nitrogen and oxygen atoms in total. The van der Waals surface area contributed by atoms with E-state index in [1.54, 1.807) is 6.07 Å². The van der Waals surface area contributed by atoms with Crippen LogP contribution in [-0.2, 0) is 10.0 Å². The van der Waals surface area contributed by atoms with E-state index in [2.05, 4.69) is 6.58 Å². The molecular formula is C12H18N2O4S. The maximum absolute atomic E-state index is 12.5. The van der Waals surface area contributed by atoms with E-state index >= 15 is 0 Å². The molecule has 0 saturated heterocycles. The number of nitrogens with two attached hydrogens (primary N) is 1. The number of nitrogens with zero attached hydrogens (tertiary/aromatic N) is 1. The highest BCUT2D eigenvalue weighted by Crippen LogP contribution is 2.28. The van der Waals surface area contributed by atoms with Crippen molar-refractivity contribution in [1.82, 2.24) is 4.31 Å². The fourth-order valence-corrected chi connectivity index (χ4v) is 3.19. The molecule has 0 saturated carbocycles. The van der Waals surface area contributed by atoms with Gasteiger partial charge in [0.1, 0.15) is 10.6 Å². The largest absolute Gasteiger partial charge is 0.495 e. The first-order chi connectivity index (χ1) is 8.97. The van der Waals surface area contributed by atoms with Crippen molar-refractivity contribution >= 4 is 15.7 Å². The molecule has 0 bridgehead atoms. The Labute approximate surface area is 113 Å². The van der Waals surface area contributed by atoms with Gasteiger partial charge in [-0.1, -0.05) is 6.08 Å². The first-order valence-electron chi connectivity index (χ1n) is 5.62. The molecule has 0 aliphatic heterocycles. The lowest BCUT2D eigenvalue weighted by molar-refractivity contribution is 0.260. The summed E-state index contributed by atoms with van der Waals surface area (Å²) in [6.07, 6.45) is 1.45. The maximum Gasteiger partial charge on any atom is 0.247 e. The minimum absolute atomic E-state index is 0.0215. The molecule has 0 amide bonds. The normalized spacial score (nSPS) is 11.5. The molecule has 0 aliphatic rings. The topological polar surface area (TPSA) is 92.9 Å². The smallest absolute Gasteiger partial charge is 0.247 e. The summed E-state index contributed by atoms with van der Waals surface area (Å²) in [5.41, 5.74) is 5.94. The van der Waals surface area contributed by atoms with Crippen LogP contribution in [0.3, 0.4) is 0 Å². The molecule has 0 unspecified atom stereocenters. The van der Waals surface area contributed by atoms with Crippen molar-refractivity contribution < 1.29 is 18.3 Å². The maximum atomic E-state index is 12.5. The lowest BCUT2D eigenvalue weighted by Crippen LogP contribution is -2.34. The number of ether oxygens (including phenoxy) is 1. The number of aliphatic hydroxyl groups is 1. The molecule has 7 heteroatoms. The lowest BCUT2D eigenvalue weighted by atomic mass is 10.3. The van der Waals surface area contributed by atoms with Crippen molar-refractivity contribution in [2.75, 3.05) is 32.5 Å². The van der Waals surface area contributed by atoms with Gasteiger partial charge in [0.25, 0.3) is 0 Å². The molecule has 0 aromatic heterocycles. The molecule has 3 N–H and O–H groups in total. The SMILES string of the molecule is C=CCN(CCO)S(=O)(=O)c1cc(N)ccc1OC. The summed E-state index contributed by atoms with van der Waals surface area (Å²) in [5, 5.41) is 8.96. The first kappa shape index (κ1) is 15.5. The molecule has 0 aliphatic carbocycles. The summed E-state index contributed by atoms with van der Waals surface area (Å²) in [7, 11) is -2.41. The molecular weight excluding hydrogens is 268 g/mol. The molecule has 0 radical (unpaired) electrons. The van der Waals surface area contributed by atoms with E-state index in [9.17, 15) is 8.42 Å². The minimum Gasteiger partial charge on any atom is -0.495 e. The van der Waals surface area contributed by atoms with Gasteiger partial charge in [0.05, 0.1) is 13.7 Å². The van der Waals surface area contributed by atoms with E-state index in [4.69, 9.17) is 15.6 Å². The van der Waals surface area contributed by atoms with Crippen LogP contribution in [0, 0.1) is 0 Å². The quantitative estimate of drug-likeness (QED) is 0.560. The van der Waals surface area contributed by atoms with Crippen molar-refractivity contribution in [3.05, 3.63) is 30.9 Å². The van der Waals surface area contributed by atoms with Crippen molar-refractivity contribution in [3.63, 3.8) is 0 Å². The lowest BCUT2D eigenvalue weighted by Gasteiger charge is -2.21. The molecule has 19 heavy (non-hydrogen) atoms. The van der Waals surface area contributed by atoms with E-state index in [0.29, 0.717) is 5.69 Å². The Morgan fingerprint density at radius 2 is 2.21 bits per heavy atom. The van der Waals surface area contributed by atoms with E-state index in [1.165, 1.54) is 25.3 Å². The molecule has 1 aromatic carbocycles. The zero-order chi connectivity index (χ0) is 14.5. The van der Waals surface area contributed by atoms with E-state index in [0.717, 1.165) is 4.31 Å². The van der Waals surface area contributed by atoms with Gasteiger partial charge in [0.15, 0.2) is 0 Å². The number of rotatable bonds is 7. The van der Waals surface area contributed by atoms with Gasteiger partial charge in [-0.2, -0.15) is 4.31 Å². The number of sulfonamides is 1. The fourth-order valence-electron chi connectivity index (χ4n) is 1.60. The Hall–Kier alpha value is -1.57. The van der Waals surface area contributed by atoms with Gasteiger partial charge in [-0.25, -0.2) is 8.42 Å². The molecule has 1 aromatic rings. The Morgan fingerprint density at radius 3 is 2.74 bits per heavy atom. The second-order valence-corrected chi connectivity index (χ2v) is 5.69. The Balaban J connectivity index is 3.31. The molecule has 0 heterocycles. The van der Waals surface area contributed by atoms with Crippen LogP contribution in [-0.4, -0.2) is 44.6 Å². The Kier molecular flexibility index (Phi) is 5.34. The monoisotopic (exact) mass is 286 g/mol. The standard InChI is InChI=1S/C12H18N2O4S/c1-3-6-14(7-8-15)19(16,17)12-9-10(13)4-5-11(12)18-2/h3-5,9,15H,1,6-8,13H2,2H3. The third-order valence-electron chi connectivity index (χ3n) is 2.49. The third kappa shape index (κ3) is 3.46. The van der Waals surface area contributed by atoms with Gasteiger partial charge in [-0.05, 0) is 18.2 Å². The van der Waals surface area contributed by atoms with Gasteiger partial charge in [-0.3, -0.25) is 0 Å². The predicted molar refractivity (Wildman–Crippen MR) is 73.4 cm³/mol. The van der Waals surface area contributed by atoms with Crippen LogP contribution < -0.4 is 10.5 Å². The highest BCUT2D eigenvalue weighted by molar-refractivity contribution is 7.89. The Bertz CT molecular complexity index is 543. The molecule has 0 spiro atoms. The summed E-state index contributed by atoms with van der Waals surface area (Å²) >= 11 is 0. The van der Waals surface area contributed by atoms with Gasteiger partial charge < -0.3 is 15.6 Å². The van der Waals surface area contributed by atoms with Crippen molar-refractivity contribution in [3.8, 4) is 5.75 Å². The number of hydrogen-bond donors (Lipinski definition) is 2. The zero-order valence-electron chi connectivity index (χ0n) is 10.7. The molecule has 106 valence electrons. The van der Waals surface area contributed by atoms with Crippen LogP contribution in [0.15, 0.2) is 35.7 Å². The van der Waals surface area contributed by atoms with Gasteiger partial charge in [-0.15, -0.1) is 6.58 Å². The fraction of sp³-hybridized carbons (Fsp3) is 0.333. The summed E-state index contributed by atoms with van der Waals surface area (Å²) in [6, 6.07) is 4.39. The van der Waals surface area contributed by atoms with Crippen LogP contribution in [0.5, 0.6) is 5.75 Å². The van der Waals surface area contributed by atoms with E-state index in [-0.39, 0.29) is 30.3 Å². The highest BCUT2D eigenvalue weighted by Gasteiger charge is 2.26. The number of methoxy groups -OCH3 is 1. The molecule has 0 fully saturated rings. The molecule has 0 atom stereocenters. The van der Waals surface area contributed by atoms with Gasteiger partial charge in [0, 0.05) is 18.8 Å². The summed E-state index contributed by atoms with van der Waals surface area (Å²) < 4.78 is 31.1. The first-order valence-corrected chi connectivity index (χ1v) is 7.06. The highest BCUT2D eigenvalue weighted by atomic mass is 32.2. The second-order valence-electron chi connectivity index (χ2n) is 3.79. The summed E-state index contributed by atoms with van der Waals surface area (Å²) in [4.78, 5) is -0.0229. The van der Waals surface area contributed by atoms with E-state index in [1.807, 2.05) is 0 Å². The van der Waals surface area contributed by atoms with Crippen LogP contribution in [0.25, 0.3) is 0 Å². The van der Waals surface area contributed by atoms with Gasteiger partial charge >= 0.3 is 0 Å². The number of anilines is 1. The number of hydrogen-bond acceptors (Lipinski definition) is 5. The van der Waals surface area contributed by atoms with E-state index < -0.39 is 10.0 Å². The van der Waals surface area contributed by atoms with Crippen LogP contribution >= 0.6 is 0 Å². The van der Waals surface area contributed by atoms with Crippen molar-refractivity contribution in [2.24, 2.45) is 0 Å². The zero-order valence-corrected chi connectivity index (χ0v) is 11.6.